The van der Waals surface area contributed by atoms with Crippen molar-refractivity contribution in [3.63, 3.8) is 0 Å². The van der Waals surface area contributed by atoms with Crippen LogP contribution in [0.2, 0.25) is 0 Å². The Morgan fingerprint density at radius 1 is 0.394 bits per heavy atom. The van der Waals surface area contributed by atoms with Crippen molar-refractivity contribution in [3.05, 3.63) is 0 Å². The second-order valence-corrected chi connectivity index (χ2v) is 5.66. The van der Waals surface area contributed by atoms with E-state index in [2.05, 4.69) is 29.2 Å². The number of nitrogens with zero attached hydrogens (tertiary/aromatic N) is 3. The number of rotatable bonds is 9. The van der Waals surface area contributed by atoms with Crippen LogP contribution in [-0.2, 0) is 0 Å². The predicted molar refractivity (Wildman–Crippen MR) is 69.3 cm³/mol. The fourth-order valence-corrected chi connectivity index (χ4v) is 1.23. The van der Waals surface area contributed by atoms with Crippen molar-refractivity contribution in [2.75, 3.05) is 19.8 Å². The van der Waals surface area contributed by atoms with E-state index in [9.17, 15) is 65.9 Å². The molecule has 6 nitrogen and oxygen atoms in total. The van der Waals surface area contributed by atoms with Gasteiger partial charge in [-0.25, -0.2) is 0 Å². The van der Waals surface area contributed by atoms with Gasteiger partial charge in [-0.2, -0.15) is 65.9 Å². The largest absolute Gasteiger partial charge is 0.456 e. The van der Waals surface area contributed by atoms with E-state index in [0.29, 0.717) is 0 Å². The van der Waals surface area contributed by atoms with Crippen LogP contribution in [0.4, 0.5) is 65.9 Å². The molecule has 0 spiro atoms. The van der Waals surface area contributed by atoms with Crippen molar-refractivity contribution in [1.29, 1.82) is 0 Å². The van der Waals surface area contributed by atoms with Gasteiger partial charge in [-0.15, -0.1) is 15.0 Å². The molecular weight excluding hydrogens is 519 g/mol. The maximum Gasteiger partial charge on any atom is 0.456 e. The maximum atomic E-state index is 12.9. The first kappa shape index (κ1) is 28.4. The van der Waals surface area contributed by atoms with Crippen molar-refractivity contribution in [2.45, 2.75) is 36.3 Å². The van der Waals surface area contributed by atoms with E-state index >= 15 is 0 Å². The molecule has 0 radical (unpaired) electrons. The second kappa shape index (κ2) is 8.95. The van der Waals surface area contributed by atoms with Gasteiger partial charge in [0.15, 0.2) is 19.8 Å². The van der Waals surface area contributed by atoms with Crippen molar-refractivity contribution >= 4 is 0 Å². The van der Waals surface area contributed by atoms with Crippen LogP contribution in [0, 0.1) is 0 Å². The van der Waals surface area contributed by atoms with Crippen LogP contribution < -0.4 is 14.2 Å². The summed E-state index contributed by atoms with van der Waals surface area (Å²) in [6.07, 6.45) is -18.7. The quantitative estimate of drug-likeness (QED) is 0.440. The molecule has 0 N–H and O–H groups in total. The van der Waals surface area contributed by atoms with Crippen LogP contribution >= 0.6 is 0 Å². The Balaban J connectivity index is 3.17. The zero-order valence-electron chi connectivity index (χ0n) is 14.9. The number of ether oxygens (including phenoxy) is 3. The molecule has 0 aliphatic carbocycles. The lowest BCUT2D eigenvalue weighted by atomic mass is 10.3. The molecule has 0 unspecified atom stereocenters. The lowest BCUT2D eigenvalue weighted by Gasteiger charge is -2.21. The highest BCUT2D eigenvalue weighted by Crippen LogP contribution is 2.38. The topological polar surface area (TPSA) is 66.4 Å². The Kier molecular flexibility index (Phi) is 7.70. The fourth-order valence-electron chi connectivity index (χ4n) is 1.23. The van der Waals surface area contributed by atoms with Crippen molar-refractivity contribution in [2.24, 2.45) is 0 Å². The summed E-state index contributed by atoms with van der Waals surface area (Å²) in [6.45, 7) is -7.93. The minimum Gasteiger partial charge on any atom is -0.456 e. The Morgan fingerprint density at radius 2 is 0.576 bits per heavy atom. The summed E-state index contributed by atoms with van der Waals surface area (Å²) >= 11 is 0. The van der Waals surface area contributed by atoms with Gasteiger partial charge in [0.25, 0.3) is 0 Å². The summed E-state index contributed by atoms with van der Waals surface area (Å²) in [4.78, 5) is 7.92. The molecular formula is C12H6F15N3O3. The SMILES string of the molecule is FC(F)(F)C(F)(F)COc1nc(OCC(F)(F)C(F)(F)F)nc(OCC(F)(F)C(F)(F)F)n1. The highest BCUT2D eigenvalue weighted by molar-refractivity contribution is 5.10. The lowest BCUT2D eigenvalue weighted by Crippen LogP contribution is -2.42. The Labute approximate surface area is 170 Å². The Bertz CT molecular complexity index is 689. The molecule has 0 amide bonds. The molecule has 0 aliphatic heterocycles. The molecule has 0 aliphatic rings. The molecule has 0 saturated carbocycles. The average Bonchev–Trinajstić information content (AvgIpc) is 2.60. The van der Waals surface area contributed by atoms with Crippen LogP contribution in [0.5, 0.6) is 18.0 Å². The molecule has 0 bridgehead atoms. The summed E-state index contributed by atoms with van der Waals surface area (Å²) in [5, 5.41) is 0. The summed E-state index contributed by atoms with van der Waals surface area (Å²) in [5.74, 6) is -16.9. The van der Waals surface area contributed by atoms with E-state index in [1.165, 1.54) is 0 Å². The van der Waals surface area contributed by atoms with E-state index in [4.69, 9.17) is 0 Å². The van der Waals surface area contributed by atoms with Gasteiger partial charge in [0.05, 0.1) is 0 Å². The van der Waals surface area contributed by atoms with Gasteiger partial charge in [0.2, 0.25) is 0 Å². The summed E-state index contributed by atoms with van der Waals surface area (Å²) < 4.78 is 197. The van der Waals surface area contributed by atoms with Gasteiger partial charge in [-0.1, -0.05) is 0 Å². The van der Waals surface area contributed by atoms with Gasteiger partial charge in [-0.05, 0) is 0 Å². The first-order chi connectivity index (χ1) is 14.5. The molecule has 0 saturated heterocycles. The lowest BCUT2D eigenvalue weighted by molar-refractivity contribution is -0.291. The summed E-state index contributed by atoms with van der Waals surface area (Å²) in [5.41, 5.74) is 0. The van der Waals surface area contributed by atoms with Gasteiger partial charge < -0.3 is 14.2 Å². The van der Waals surface area contributed by atoms with Crippen LogP contribution in [0.15, 0.2) is 0 Å². The third-order valence-corrected chi connectivity index (χ3v) is 2.97. The molecule has 0 atom stereocenters. The van der Waals surface area contributed by atoms with Crippen molar-refractivity contribution in [3.8, 4) is 18.0 Å². The number of halogens is 15. The highest BCUT2D eigenvalue weighted by atomic mass is 19.4. The van der Waals surface area contributed by atoms with Crippen LogP contribution in [0.1, 0.15) is 0 Å². The van der Waals surface area contributed by atoms with Crippen LogP contribution in [0.25, 0.3) is 0 Å². The zero-order chi connectivity index (χ0) is 26.1. The standard InChI is InChI=1S/C12H6F15N3O3/c13-7(14,10(19,20)21)1-31-4-28-5(32-2-8(15,16)11(22,23)24)30-6(29-4)33-3-9(17,18)12(25,26)27/h1-3H2. The molecule has 0 fully saturated rings. The molecule has 192 valence electrons. The fraction of sp³-hybridized carbons (Fsp3) is 0.750. The first-order valence-electron chi connectivity index (χ1n) is 7.47. The number of alkyl halides is 15. The summed E-state index contributed by atoms with van der Waals surface area (Å²) in [6, 6.07) is -5.40. The Hall–Kier alpha value is -2.64. The minimum absolute atomic E-state index is 1.80. The first-order valence-corrected chi connectivity index (χ1v) is 7.47. The van der Waals surface area contributed by atoms with Gasteiger partial charge in [0, 0.05) is 0 Å². The molecule has 33 heavy (non-hydrogen) atoms. The van der Waals surface area contributed by atoms with Crippen molar-refractivity contribution < 1.29 is 80.1 Å². The molecule has 1 aromatic heterocycles. The second-order valence-electron chi connectivity index (χ2n) is 5.66. The average molecular weight is 525 g/mol. The van der Waals surface area contributed by atoms with E-state index in [1.54, 1.807) is 0 Å². The van der Waals surface area contributed by atoms with Gasteiger partial charge in [-0.3, -0.25) is 0 Å². The highest BCUT2D eigenvalue weighted by Gasteiger charge is 2.60. The van der Waals surface area contributed by atoms with Crippen LogP contribution in [-0.4, -0.2) is 71.1 Å². The molecule has 1 rings (SSSR count). The monoisotopic (exact) mass is 525 g/mol. The number of hydrogen-bond donors (Lipinski definition) is 0. The smallest absolute Gasteiger partial charge is 0.456 e. The number of hydrogen-bond acceptors (Lipinski definition) is 6. The zero-order valence-corrected chi connectivity index (χ0v) is 14.9. The third kappa shape index (κ3) is 7.44. The molecule has 0 aromatic carbocycles. The normalized spacial score (nSPS) is 14.3. The van der Waals surface area contributed by atoms with Crippen molar-refractivity contribution in [1.82, 2.24) is 15.0 Å². The maximum absolute atomic E-state index is 12.9. The van der Waals surface area contributed by atoms with Gasteiger partial charge in [0.1, 0.15) is 0 Å². The molecule has 1 aromatic rings. The molecule has 21 heteroatoms. The number of aromatic nitrogens is 3. The van der Waals surface area contributed by atoms with Crippen LogP contribution in [0.3, 0.4) is 0 Å². The molecule has 1 heterocycles. The third-order valence-electron chi connectivity index (χ3n) is 2.97. The van der Waals surface area contributed by atoms with Gasteiger partial charge >= 0.3 is 54.3 Å². The van der Waals surface area contributed by atoms with E-state index < -0.39 is 74.1 Å². The summed E-state index contributed by atoms with van der Waals surface area (Å²) in [7, 11) is 0. The Morgan fingerprint density at radius 3 is 0.727 bits per heavy atom. The van der Waals surface area contributed by atoms with E-state index in [1.807, 2.05) is 0 Å². The van der Waals surface area contributed by atoms with E-state index in [0.717, 1.165) is 0 Å². The predicted octanol–water partition coefficient (Wildman–Crippen LogP) is 4.60. The minimum atomic E-state index is -6.22. The van der Waals surface area contributed by atoms with E-state index in [-0.39, 0.29) is 0 Å².